The van der Waals surface area contributed by atoms with E-state index in [1.54, 1.807) is 18.2 Å². The van der Waals surface area contributed by atoms with Crippen molar-refractivity contribution in [3.8, 4) is 17.2 Å². The molecule has 8 nitrogen and oxygen atoms in total. The summed E-state index contributed by atoms with van der Waals surface area (Å²) in [7, 11) is 0. The third kappa shape index (κ3) is 8.30. The van der Waals surface area contributed by atoms with Gasteiger partial charge >= 0.3 is 11.7 Å². The summed E-state index contributed by atoms with van der Waals surface area (Å²) in [5.41, 5.74) is 0.611. The molecule has 3 aromatic rings. The van der Waals surface area contributed by atoms with Gasteiger partial charge in [0, 0.05) is 11.6 Å². The van der Waals surface area contributed by atoms with Crippen LogP contribution in [0.25, 0.3) is 6.08 Å². The van der Waals surface area contributed by atoms with Crippen LogP contribution in [0.15, 0.2) is 72.8 Å². The molecule has 3 rings (SSSR count). The standard InChI is InChI=1S/C30H31NO7/c1-3-5-6-20-37-25-13-7-22(8-14-25)9-17-28(32)24-12-18-29(27(21-24)31(34)35)38-30(33)23-10-15-26(16-11-23)36-19-4-2/h7-18,21H,3-6,19-20H2,1-2H3/b17-9+. The molecule has 38 heavy (non-hydrogen) atoms. The maximum Gasteiger partial charge on any atom is 0.343 e. The molecule has 0 heterocycles. The van der Waals surface area contributed by atoms with E-state index in [1.165, 1.54) is 30.3 Å². The summed E-state index contributed by atoms with van der Waals surface area (Å²) < 4.78 is 16.4. The Kier molecular flexibility index (Phi) is 10.6. The molecule has 0 aliphatic heterocycles. The zero-order valence-electron chi connectivity index (χ0n) is 21.6. The molecule has 3 aromatic carbocycles. The molecule has 0 saturated carbocycles. The maximum atomic E-state index is 12.7. The number of carbonyl (C=O) groups is 2. The van der Waals surface area contributed by atoms with Gasteiger partial charge in [0.25, 0.3) is 0 Å². The second kappa shape index (κ2) is 14.3. The molecule has 0 spiro atoms. The van der Waals surface area contributed by atoms with Gasteiger partial charge in [-0.15, -0.1) is 0 Å². The number of benzene rings is 3. The van der Waals surface area contributed by atoms with E-state index in [4.69, 9.17) is 14.2 Å². The third-order valence-corrected chi connectivity index (χ3v) is 5.53. The molecule has 0 amide bonds. The van der Waals surface area contributed by atoms with Crippen LogP contribution in [-0.4, -0.2) is 29.9 Å². The number of hydrogen-bond donors (Lipinski definition) is 0. The van der Waals surface area contributed by atoms with E-state index >= 15 is 0 Å². The van der Waals surface area contributed by atoms with Crippen molar-refractivity contribution in [3.05, 3.63) is 99.6 Å². The number of esters is 1. The molecule has 0 fully saturated rings. The minimum absolute atomic E-state index is 0.0982. The van der Waals surface area contributed by atoms with Crippen LogP contribution in [0.5, 0.6) is 17.2 Å². The summed E-state index contributed by atoms with van der Waals surface area (Å²) in [5.74, 6) is -0.0649. The summed E-state index contributed by atoms with van der Waals surface area (Å²) >= 11 is 0. The smallest absolute Gasteiger partial charge is 0.343 e. The molecule has 8 heteroatoms. The molecule has 0 atom stereocenters. The van der Waals surface area contributed by atoms with Gasteiger partial charge in [0.15, 0.2) is 5.78 Å². The summed E-state index contributed by atoms with van der Waals surface area (Å²) in [6, 6.07) is 17.3. The van der Waals surface area contributed by atoms with Crippen LogP contribution < -0.4 is 14.2 Å². The van der Waals surface area contributed by atoms with Gasteiger partial charge in [0.2, 0.25) is 5.75 Å². The van der Waals surface area contributed by atoms with Crippen LogP contribution in [0.2, 0.25) is 0 Å². The van der Waals surface area contributed by atoms with E-state index in [2.05, 4.69) is 6.92 Å². The number of carbonyl (C=O) groups excluding carboxylic acids is 2. The number of nitrogens with zero attached hydrogens (tertiary/aromatic N) is 1. The Bertz CT molecular complexity index is 1260. The summed E-state index contributed by atoms with van der Waals surface area (Å²) in [6.45, 7) is 5.33. The van der Waals surface area contributed by atoms with Crippen molar-refractivity contribution in [2.45, 2.75) is 39.5 Å². The molecule has 0 radical (unpaired) electrons. The summed E-state index contributed by atoms with van der Waals surface area (Å²) in [6.07, 6.45) is 7.05. The Morgan fingerprint density at radius 3 is 2.08 bits per heavy atom. The van der Waals surface area contributed by atoms with Crippen LogP contribution in [0.4, 0.5) is 5.69 Å². The average molecular weight is 518 g/mol. The van der Waals surface area contributed by atoms with Gasteiger partial charge in [-0.25, -0.2) is 4.79 Å². The number of unbranched alkanes of at least 4 members (excludes halogenated alkanes) is 2. The molecular formula is C30H31NO7. The highest BCUT2D eigenvalue weighted by Crippen LogP contribution is 2.29. The number of ether oxygens (including phenoxy) is 3. The Labute approximate surface area is 222 Å². The molecule has 0 unspecified atom stereocenters. The molecule has 0 aromatic heterocycles. The fourth-order valence-corrected chi connectivity index (χ4v) is 3.45. The predicted molar refractivity (Wildman–Crippen MR) is 145 cm³/mol. The van der Waals surface area contributed by atoms with Crippen molar-refractivity contribution < 1.29 is 28.7 Å². The van der Waals surface area contributed by atoms with Crippen LogP contribution in [0.1, 0.15) is 65.8 Å². The number of allylic oxidation sites excluding steroid dienone is 1. The molecular weight excluding hydrogens is 486 g/mol. The van der Waals surface area contributed by atoms with Crippen LogP contribution in [0.3, 0.4) is 0 Å². The van der Waals surface area contributed by atoms with Crippen LogP contribution in [0, 0.1) is 10.1 Å². The number of nitro groups is 1. The van der Waals surface area contributed by atoms with Crippen molar-refractivity contribution in [2.75, 3.05) is 13.2 Å². The van der Waals surface area contributed by atoms with E-state index in [9.17, 15) is 19.7 Å². The van der Waals surface area contributed by atoms with Gasteiger partial charge in [-0.3, -0.25) is 14.9 Å². The van der Waals surface area contributed by atoms with Gasteiger partial charge < -0.3 is 14.2 Å². The highest BCUT2D eigenvalue weighted by Gasteiger charge is 2.21. The van der Waals surface area contributed by atoms with Crippen molar-refractivity contribution in [1.82, 2.24) is 0 Å². The normalized spacial score (nSPS) is 10.8. The summed E-state index contributed by atoms with van der Waals surface area (Å²) in [5, 5.41) is 11.6. The molecule has 0 aliphatic rings. The predicted octanol–water partition coefficient (Wildman–Crippen LogP) is 7.07. The lowest BCUT2D eigenvalue weighted by atomic mass is 10.1. The van der Waals surface area contributed by atoms with Crippen molar-refractivity contribution in [2.24, 2.45) is 0 Å². The lowest BCUT2D eigenvalue weighted by Crippen LogP contribution is -2.10. The van der Waals surface area contributed by atoms with E-state index in [-0.39, 0.29) is 16.9 Å². The van der Waals surface area contributed by atoms with E-state index < -0.39 is 22.4 Å². The topological polar surface area (TPSA) is 105 Å². The van der Waals surface area contributed by atoms with Gasteiger partial charge in [-0.2, -0.15) is 0 Å². The van der Waals surface area contributed by atoms with E-state index in [0.717, 1.165) is 43.1 Å². The third-order valence-electron chi connectivity index (χ3n) is 5.53. The first-order valence-electron chi connectivity index (χ1n) is 12.6. The average Bonchev–Trinajstić information content (AvgIpc) is 2.94. The van der Waals surface area contributed by atoms with Crippen LogP contribution >= 0.6 is 0 Å². The zero-order valence-corrected chi connectivity index (χ0v) is 21.6. The minimum atomic E-state index is -0.757. The highest BCUT2D eigenvalue weighted by molar-refractivity contribution is 6.07. The van der Waals surface area contributed by atoms with Crippen molar-refractivity contribution in [3.63, 3.8) is 0 Å². The quantitative estimate of drug-likeness (QED) is 0.0428. The molecule has 198 valence electrons. The number of hydrogen-bond acceptors (Lipinski definition) is 7. The maximum absolute atomic E-state index is 12.7. The van der Waals surface area contributed by atoms with Gasteiger partial charge in [-0.1, -0.05) is 44.9 Å². The fourth-order valence-electron chi connectivity index (χ4n) is 3.45. The van der Waals surface area contributed by atoms with E-state index in [1.807, 2.05) is 31.2 Å². The zero-order chi connectivity index (χ0) is 27.3. The molecule has 0 aliphatic carbocycles. The monoisotopic (exact) mass is 517 g/mol. The Morgan fingerprint density at radius 2 is 1.45 bits per heavy atom. The van der Waals surface area contributed by atoms with Crippen LogP contribution in [-0.2, 0) is 0 Å². The van der Waals surface area contributed by atoms with Crippen molar-refractivity contribution in [1.29, 1.82) is 0 Å². The Balaban J connectivity index is 1.65. The second-order valence-corrected chi connectivity index (χ2v) is 8.52. The number of rotatable bonds is 14. The van der Waals surface area contributed by atoms with E-state index in [0.29, 0.717) is 19.0 Å². The van der Waals surface area contributed by atoms with Gasteiger partial charge in [0.1, 0.15) is 11.5 Å². The lowest BCUT2D eigenvalue weighted by molar-refractivity contribution is -0.385. The number of nitro benzene ring substituents is 1. The molecule has 0 N–H and O–H groups in total. The number of ketones is 1. The largest absolute Gasteiger partial charge is 0.494 e. The lowest BCUT2D eigenvalue weighted by Gasteiger charge is -2.08. The minimum Gasteiger partial charge on any atom is -0.494 e. The molecule has 0 saturated heterocycles. The van der Waals surface area contributed by atoms with Gasteiger partial charge in [0.05, 0.1) is 23.7 Å². The first kappa shape index (κ1) is 28.1. The molecule has 0 bridgehead atoms. The second-order valence-electron chi connectivity index (χ2n) is 8.52. The SMILES string of the molecule is CCCCCOc1ccc(/C=C/C(=O)c2ccc(OC(=O)c3ccc(OCCC)cc3)c([N+](=O)[O-])c2)cc1. The first-order valence-corrected chi connectivity index (χ1v) is 12.6. The highest BCUT2D eigenvalue weighted by atomic mass is 16.6. The summed E-state index contributed by atoms with van der Waals surface area (Å²) in [4.78, 5) is 36.2. The first-order chi connectivity index (χ1) is 18.4. The van der Waals surface area contributed by atoms with Crippen molar-refractivity contribution >= 4 is 23.5 Å². The fraction of sp³-hybridized carbons (Fsp3) is 0.267. The van der Waals surface area contributed by atoms with Gasteiger partial charge in [-0.05, 0) is 73.0 Å². The Morgan fingerprint density at radius 1 is 0.816 bits per heavy atom. The Hall–Kier alpha value is -4.46.